The summed E-state index contributed by atoms with van der Waals surface area (Å²) in [6.07, 6.45) is 0. The molecule has 4 nitrogen and oxygen atoms in total. The van der Waals surface area contributed by atoms with Crippen molar-refractivity contribution < 1.29 is 4.79 Å². The summed E-state index contributed by atoms with van der Waals surface area (Å²) in [6.45, 7) is 1.23. The summed E-state index contributed by atoms with van der Waals surface area (Å²) in [6, 6.07) is 9.92. The van der Waals surface area contributed by atoms with Gasteiger partial charge in [0.05, 0.1) is 0 Å². The van der Waals surface area contributed by atoms with Crippen LogP contribution in [0.1, 0.15) is 16.1 Å². The van der Waals surface area contributed by atoms with E-state index in [2.05, 4.69) is 25.5 Å². The predicted molar refractivity (Wildman–Crippen MR) is 74.9 cm³/mol. The van der Waals surface area contributed by atoms with Crippen molar-refractivity contribution in [1.82, 2.24) is 14.5 Å². The smallest absolute Gasteiger partial charge is 0.275 e. The van der Waals surface area contributed by atoms with E-state index in [1.165, 1.54) is 11.5 Å². The number of carbonyl (C=O) groups excluding carboxylic acids is 1. The monoisotopic (exact) mass is 325 g/mol. The minimum atomic E-state index is -0.0768. The van der Waals surface area contributed by atoms with Crippen molar-refractivity contribution in [2.75, 3.05) is 11.9 Å². The normalized spacial score (nSPS) is 10.3. The van der Waals surface area contributed by atoms with Crippen molar-refractivity contribution in [3.63, 3.8) is 0 Å². The third-order valence-electron chi connectivity index (χ3n) is 2.44. The van der Waals surface area contributed by atoms with Crippen molar-refractivity contribution in [2.24, 2.45) is 0 Å². The van der Waals surface area contributed by atoms with Crippen LogP contribution in [0.15, 0.2) is 35.7 Å². The number of amides is 1. The van der Waals surface area contributed by atoms with Crippen molar-refractivity contribution in [1.29, 1.82) is 0 Å². The molecule has 2 rings (SSSR count). The van der Waals surface area contributed by atoms with Gasteiger partial charge in [-0.2, -0.15) is 0 Å². The minimum absolute atomic E-state index is 0.0768. The largest absolute Gasteiger partial charge is 0.332 e. The quantitative estimate of drug-likeness (QED) is 0.794. The maximum absolute atomic E-state index is 12.2. The van der Waals surface area contributed by atoms with E-state index in [1.54, 1.807) is 10.3 Å². The van der Waals surface area contributed by atoms with Crippen molar-refractivity contribution >= 4 is 33.4 Å². The highest BCUT2D eigenvalue weighted by Crippen LogP contribution is 2.09. The summed E-state index contributed by atoms with van der Waals surface area (Å²) in [5.74, 6) is -0.0768. The molecule has 0 N–H and O–H groups in total. The average molecular weight is 326 g/mol. The summed E-state index contributed by atoms with van der Waals surface area (Å²) >= 11 is 4.56. The molecular weight excluding hydrogens is 314 g/mol. The van der Waals surface area contributed by atoms with Crippen LogP contribution < -0.4 is 0 Å². The van der Waals surface area contributed by atoms with Gasteiger partial charge in [0, 0.05) is 23.8 Å². The lowest BCUT2D eigenvalue weighted by Gasteiger charge is -2.20. The molecule has 0 spiro atoms. The minimum Gasteiger partial charge on any atom is -0.332 e. The van der Waals surface area contributed by atoms with Crippen LogP contribution in [0.2, 0.25) is 0 Å². The Morgan fingerprint density at radius 3 is 2.72 bits per heavy atom. The lowest BCUT2D eigenvalue weighted by Crippen LogP contribution is -2.32. The molecule has 0 saturated carbocycles. The summed E-state index contributed by atoms with van der Waals surface area (Å²) in [4.78, 5) is 14.0. The fourth-order valence-corrected chi connectivity index (χ4v) is 2.44. The molecular formula is C12H12BrN3OS. The lowest BCUT2D eigenvalue weighted by atomic mass is 10.2. The third kappa shape index (κ3) is 3.36. The fourth-order valence-electron chi connectivity index (χ4n) is 1.58. The zero-order valence-electron chi connectivity index (χ0n) is 9.62. The standard InChI is InChI=1S/C12H12BrN3OS/c13-6-7-16(8-10-4-2-1-3-5-10)12(17)11-9-18-15-14-11/h1-5,9H,6-8H2. The number of hydrogen-bond donors (Lipinski definition) is 0. The highest BCUT2D eigenvalue weighted by atomic mass is 79.9. The average Bonchev–Trinajstić information content (AvgIpc) is 2.92. The van der Waals surface area contributed by atoms with Gasteiger partial charge in [-0.15, -0.1) is 5.10 Å². The van der Waals surface area contributed by atoms with Gasteiger partial charge in [0.25, 0.3) is 5.91 Å². The lowest BCUT2D eigenvalue weighted by molar-refractivity contribution is 0.0749. The van der Waals surface area contributed by atoms with Crippen LogP contribution in [0.25, 0.3) is 0 Å². The number of rotatable bonds is 5. The number of halogens is 1. The number of benzene rings is 1. The topological polar surface area (TPSA) is 46.1 Å². The van der Waals surface area contributed by atoms with E-state index in [0.29, 0.717) is 18.8 Å². The van der Waals surface area contributed by atoms with Gasteiger partial charge in [-0.3, -0.25) is 4.79 Å². The molecule has 0 aliphatic heterocycles. The van der Waals surface area contributed by atoms with Crippen LogP contribution in [0.5, 0.6) is 0 Å². The molecule has 6 heteroatoms. The van der Waals surface area contributed by atoms with E-state index >= 15 is 0 Å². The van der Waals surface area contributed by atoms with Crippen LogP contribution in [0.3, 0.4) is 0 Å². The first-order valence-corrected chi connectivity index (χ1v) is 7.43. The number of carbonyl (C=O) groups is 1. The van der Waals surface area contributed by atoms with Crippen LogP contribution >= 0.6 is 27.5 Å². The molecule has 2 aromatic rings. The highest BCUT2D eigenvalue weighted by Gasteiger charge is 2.17. The Balaban J connectivity index is 2.11. The second-order valence-electron chi connectivity index (χ2n) is 3.69. The SMILES string of the molecule is O=C(c1csnn1)N(CCBr)Cc1ccccc1. The number of alkyl halides is 1. The van der Waals surface area contributed by atoms with E-state index in [1.807, 2.05) is 30.3 Å². The van der Waals surface area contributed by atoms with E-state index in [-0.39, 0.29) is 5.91 Å². The molecule has 0 aliphatic carbocycles. The molecule has 0 aliphatic rings. The van der Waals surface area contributed by atoms with Gasteiger partial charge in [0.1, 0.15) is 0 Å². The van der Waals surface area contributed by atoms with Crippen LogP contribution in [0, 0.1) is 0 Å². The van der Waals surface area contributed by atoms with E-state index in [9.17, 15) is 4.79 Å². The summed E-state index contributed by atoms with van der Waals surface area (Å²) < 4.78 is 3.73. The molecule has 0 saturated heterocycles. The maximum Gasteiger partial charge on any atom is 0.275 e. The molecule has 94 valence electrons. The molecule has 0 fully saturated rings. The Morgan fingerprint density at radius 1 is 1.33 bits per heavy atom. The van der Waals surface area contributed by atoms with Crippen molar-refractivity contribution in [2.45, 2.75) is 6.54 Å². The number of nitrogens with zero attached hydrogens (tertiary/aromatic N) is 3. The van der Waals surface area contributed by atoms with Crippen molar-refractivity contribution in [3.8, 4) is 0 Å². The van der Waals surface area contributed by atoms with Gasteiger partial charge in [0.2, 0.25) is 0 Å². The molecule has 1 aromatic heterocycles. The molecule has 0 unspecified atom stereocenters. The van der Waals surface area contributed by atoms with E-state index in [4.69, 9.17) is 0 Å². The molecule has 1 amide bonds. The molecule has 0 radical (unpaired) electrons. The highest BCUT2D eigenvalue weighted by molar-refractivity contribution is 9.09. The number of hydrogen-bond acceptors (Lipinski definition) is 4. The van der Waals surface area contributed by atoms with Crippen LogP contribution in [0.4, 0.5) is 0 Å². The molecule has 0 atom stereocenters. The molecule has 18 heavy (non-hydrogen) atoms. The Kier molecular flexibility index (Phi) is 4.83. The first-order chi connectivity index (χ1) is 8.81. The zero-order chi connectivity index (χ0) is 12.8. The van der Waals surface area contributed by atoms with E-state index < -0.39 is 0 Å². The Bertz CT molecular complexity index is 489. The Labute approximate surface area is 118 Å². The van der Waals surface area contributed by atoms with Gasteiger partial charge in [0.15, 0.2) is 5.69 Å². The van der Waals surface area contributed by atoms with Crippen LogP contribution in [-0.2, 0) is 6.54 Å². The summed E-state index contributed by atoms with van der Waals surface area (Å²) in [5, 5.41) is 6.24. The van der Waals surface area contributed by atoms with Gasteiger partial charge in [-0.05, 0) is 17.1 Å². The Hall–Kier alpha value is -1.27. The van der Waals surface area contributed by atoms with E-state index in [0.717, 1.165) is 10.9 Å². The molecule has 1 aromatic carbocycles. The molecule has 1 heterocycles. The second kappa shape index (κ2) is 6.61. The third-order valence-corrected chi connectivity index (χ3v) is 3.30. The zero-order valence-corrected chi connectivity index (χ0v) is 12.0. The molecule has 0 bridgehead atoms. The second-order valence-corrected chi connectivity index (χ2v) is 5.09. The van der Waals surface area contributed by atoms with Crippen molar-refractivity contribution in [3.05, 3.63) is 47.0 Å². The van der Waals surface area contributed by atoms with Gasteiger partial charge in [-0.25, -0.2) is 0 Å². The first kappa shape index (κ1) is 13.2. The van der Waals surface area contributed by atoms with Crippen LogP contribution in [-0.4, -0.2) is 32.3 Å². The Morgan fingerprint density at radius 2 is 2.11 bits per heavy atom. The maximum atomic E-state index is 12.2. The number of aromatic nitrogens is 2. The van der Waals surface area contributed by atoms with Gasteiger partial charge < -0.3 is 4.90 Å². The fraction of sp³-hybridized carbons (Fsp3) is 0.250. The summed E-state index contributed by atoms with van der Waals surface area (Å²) in [5.41, 5.74) is 1.52. The van der Waals surface area contributed by atoms with Gasteiger partial charge in [-0.1, -0.05) is 50.8 Å². The summed E-state index contributed by atoms with van der Waals surface area (Å²) in [7, 11) is 0. The van der Waals surface area contributed by atoms with Gasteiger partial charge >= 0.3 is 0 Å². The first-order valence-electron chi connectivity index (χ1n) is 5.47. The predicted octanol–water partition coefficient (Wildman–Crippen LogP) is 2.58.